The van der Waals surface area contributed by atoms with Gasteiger partial charge in [0, 0.05) is 18.9 Å². The van der Waals surface area contributed by atoms with Gasteiger partial charge in [-0.25, -0.2) is 8.42 Å². The second kappa shape index (κ2) is 6.62. The summed E-state index contributed by atoms with van der Waals surface area (Å²) in [6.07, 6.45) is 4.91. The number of hydrogen-bond donors (Lipinski definition) is 0. The van der Waals surface area contributed by atoms with E-state index in [0.29, 0.717) is 19.8 Å². The average Bonchev–Trinajstić information content (AvgIpc) is 2.97. The quantitative estimate of drug-likeness (QED) is 0.813. The molecule has 0 aromatic carbocycles. The van der Waals surface area contributed by atoms with Crippen LogP contribution in [-0.4, -0.2) is 54.9 Å². The Hall–Kier alpha value is -1.02. The van der Waals surface area contributed by atoms with Crippen molar-refractivity contribution in [1.29, 1.82) is 0 Å². The molecule has 2 aliphatic rings. The molecule has 3 rings (SSSR count). The SMILES string of the molecule is CCS(=O)(=O)N1CCO[C@H]2[C@@H](OCc3cccnc3)CC[C@H]21. The summed E-state index contributed by atoms with van der Waals surface area (Å²) in [5.74, 6) is 0.136. The molecule has 3 atom stereocenters. The van der Waals surface area contributed by atoms with Crippen LogP contribution in [0.15, 0.2) is 24.5 Å². The van der Waals surface area contributed by atoms with Gasteiger partial charge in [0.2, 0.25) is 10.0 Å². The van der Waals surface area contributed by atoms with Crippen LogP contribution >= 0.6 is 0 Å². The molecule has 0 radical (unpaired) electrons. The molecule has 1 aliphatic heterocycles. The maximum absolute atomic E-state index is 12.2. The van der Waals surface area contributed by atoms with Gasteiger partial charge in [-0.2, -0.15) is 4.31 Å². The zero-order chi connectivity index (χ0) is 15.6. The predicted octanol–water partition coefficient (Wildman–Crippen LogP) is 1.18. The summed E-state index contributed by atoms with van der Waals surface area (Å²) in [4.78, 5) is 4.07. The lowest BCUT2D eigenvalue weighted by atomic mass is 10.1. The predicted molar refractivity (Wildman–Crippen MR) is 81.7 cm³/mol. The van der Waals surface area contributed by atoms with Crippen molar-refractivity contribution in [3.63, 3.8) is 0 Å². The van der Waals surface area contributed by atoms with Crippen molar-refractivity contribution in [2.45, 2.75) is 44.6 Å². The van der Waals surface area contributed by atoms with E-state index in [4.69, 9.17) is 9.47 Å². The van der Waals surface area contributed by atoms with Crippen LogP contribution < -0.4 is 0 Å². The molecule has 1 saturated carbocycles. The van der Waals surface area contributed by atoms with E-state index >= 15 is 0 Å². The van der Waals surface area contributed by atoms with E-state index in [1.54, 1.807) is 23.6 Å². The maximum atomic E-state index is 12.2. The fourth-order valence-electron chi connectivity index (χ4n) is 3.26. The number of ether oxygens (including phenoxy) is 2. The average molecular weight is 326 g/mol. The molecule has 2 heterocycles. The van der Waals surface area contributed by atoms with Crippen LogP contribution in [0.4, 0.5) is 0 Å². The number of pyridine rings is 1. The monoisotopic (exact) mass is 326 g/mol. The molecule has 0 N–H and O–H groups in total. The summed E-state index contributed by atoms with van der Waals surface area (Å²) >= 11 is 0. The number of sulfonamides is 1. The Bertz CT molecular complexity index is 593. The molecular formula is C15H22N2O4S. The second-order valence-electron chi connectivity index (χ2n) is 5.70. The Labute approximate surface area is 131 Å². The van der Waals surface area contributed by atoms with E-state index in [0.717, 1.165) is 18.4 Å². The third-order valence-corrected chi connectivity index (χ3v) is 6.29. The van der Waals surface area contributed by atoms with E-state index in [1.165, 1.54) is 0 Å². The molecule has 1 aromatic rings. The molecule has 22 heavy (non-hydrogen) atoms. The lowest BCUT2D eigenvalue weighted by Crippen LogP contribution is -2.54. The number of rotatable bonds is 5. The van der Waals surface area contributed by atoms with E-state index in [-0.39, 0.29) is 24.0 Å². The highest BCUT2D eigenvalue weighted by molar-refractivity contribution is 7.89. The first-order valence-corrected chi connectivity index (χ1v) is 9.34. The molecular weight excluding hydrogens is 304 g/mol. The van der Waals surface area contributed by atoms with Gasteiger partial charge in [0.1, 0.15) is 6.10 Å². The molecule has 1 aliphatic carbocycles. The summed E-state index contributed by atoms with van der Waals surface area (Å²) in [5, 5.41) is 0. The van der Waals surface area contributed by atoms with Gasteiger partial charge >= 0.3 is 0 Å². The number of aromatic nitrogens is 1. The first-order chi connectivity index (χ1) is 10.6. The van der Waals surface area contributed by atoms with Gasteiger partial charge in [0.15, 0.2) is 0 Å². The molecule has 0 spiro atoms. The summed E-state index contributed by atoms with van der Waals surface area (Å²) < 4.78 is 37.8. The Morgan fingerprint density at radius 1 is 1.45 bits per heavy atom. The fourth-order valence-corrected chi connectivity index (χ4v) is 4.58. The van der Waals surface area contributed by atoms with Crippen molar-refractivity contribution < 1.29 is 17.9 Å². The van der Waals surface area contributed by atoms with Crippen molar-refractivity contribution in [3.05, 3.63) is 30.1 Å². The minimum Gasteiger partial charge on any atom is -0.372 e. The van der Waals surface area contributed by atoms with Gasteiger partial charge in [-0.1, -0.05) is 6.07 Å². The van der Waals surface area contributed by atoms with Gasteiger partial charge in [-0.05, 0) is 31.4 Å². The van der Waals surface area contributed by atoms with Gasteiger partial charge < -0.3 is 9.47 Å². The molecule has 2 fully saturated rings. The molecule has 122 valence electrons. The van der Waals surface area contributed by atoms with E-state index in [9.17, 15) is 8.42 Å². The number of hydrogen-bond acceptors (Lipinski definition) is 5. The molecule has 0 unspecified atom stereocenters. The molecule has 0 amide bonds. The second-order valence-corrected chi connectivity index (χ2v) is 7.91. The van der Waals surface area contributed by atoms with E-state index < -0.39 is 10.0 Å². The molecule has 7 heteroatoms. The topological polar surface area (TPSA) is 68.7 Å². The Kier molecular flexibility index (Phi) is 4.77. The van der Waals surface area contributed by atoms with Crippen LogP contribution in [0.1, 0.15) is 25.3 Å². The van der Waals surface area contributed by atoms with Crippen LogP contribution in [-0.2, 0) is 26.1 Å². The highest BCUT2D eigenvalue weighted by Gasteiger charge is 2.46. The van der Waals surface area contributed by atoms with Gasteiger partial charge in [-0.3, -0.25) is 4.98 Å². The van der Waals surface area contributed by atoms with Crippen molar-refractivity contribution in [3.8, 4) is 0 Å². The van der Waals surface area contributed by atoms with Crippen LogP contribution in [0.25, 0.3) is 0 Å². The van der Waals surface area contributed by atoms with Gasteiger partial charge in [-0.15, -0.1) is 0 Å². The Balaban J connectivity index is 1.65. The zero-order valence-electron chi connectivity index (χ0n) is 12.7. The third kappa shape index (κ3) is 3.17. The Morgan fingerprint density at radius 3 is 3.05 bits per heavy atom. The third-order valence-electron chi connectivity index (χ3n) is 4.39. The number of nitrogens with zero attached hydrogens (tertiary/aromatic N) is 2. The summed E-state index contributed by atoms with van der Waals surface area (Å²) in [5.41, 5.74) is 1.01. The van der Waals surface area contributed by atoms with Crippen molar-refractivity contribution in [2.24, 2.45) is 0 Å². The van der Waals surface area contributed by atoms with Crippen LogP contribution in [0, 0.1) is 0 Å². The van der Waals surface area contributed by atoms with Crippen molar-refractivity contribution in [1.82, 2.24) is 9.29 Å². The van der Waals surface area contributed by atoms with Crippen molar-refractivity contribution >= 4 is 10.0 Å². The zero-order valence-corrected chi connectivity index (χ0v) is 13.5. The lowest BCUT2D eigenvalue weighted by molar-refractivity contribution is -0.100. The largest absolute Gasteiger partial charge is 0.372 e. The minimum absolute atomic E-state index is 0.0555. The molecule has 1 aromatic heterocycles. The van der Waals surface area contributed by atoms with Crippen LogP contribution in [0.3, 0.4) is 0 Å². The summed E-state index contributed by atoms with van der Waals surface area (Å²) in [6, 6.07) is 3.76. The fraction of sp³-hybridized carbons (Fsp3) is 0.667. The van der Waals surface area contributed by atoms with E-state index in [1.807, 2.05) is 12.1 Å². The van der Waals surface area contributed by atoms with Crippen LogP contribution in [0.2, 0.25) is 0 Å². The first-order valence-electron chi connectivity index (χ1n) is 7.73. The highest BCUT2D eigenvalue weighted by atomic mass is 32.2. The Morgan fingerprint density at radius 2 is 2.32 bits per heavy atom. The normalized spacial score (nSPS) is 29.4. The smallest absolute Gasteiger partial charge is 0.214 e. The molecule has 6 nitrogen and oxygen atoms in total. The summed E-state index contributed by atoms with van der Waals surface area (Å²) in [6.45, 7) is 3.05. The van der Waals surface area contributed by atoms with Gasteiger partial charge in [0.25, 0.3) is 0 Å². The maximum Gasteiger partial charge on any atom is 0.214 e. The van der Waals surface area contributed by atoms with Crippen LogP contribution in [0.5, 0.6) is 0 Å². The molecule has 0 bridgehead atoms. The standard InChI is InChI=1S/C15H22N2O4S/c1-2-22(18,19)17-8-9-20-15-13(17)5-6-14(15)21-11-12-4-3-7-16-10-12/h3-4,7,10,13-15H,2,5-6,8-9,11H2,1H3/t13-,14+,15-/m1/s1. The molecule has 1 saturated heterocycles. The van der Waals surface area contributed by atoms with E-state index in [2.05, 4.69) is 4.98 Å². The van der Waals surface area contributed by atoms with Gasteiger partial charge in [0.05, 0.1) is 31.1 Å². The van der Waals surface area contributed by atoms with Crippen molar-refractivity contribution in [2.75, 3.05) is 18.9 Å². The first kappa shape index (κ1) is 15.9. The highest BCUT2D eigenvalue weighted by Crippen LogP contribution is 2.34. The summed E-state index contributed by atoms with van der Waals surface area (Å²) in [7, 11) is -3.18. The number of morpholine rings is 1. The number of fused-ring (bicyclic) bond motifs is 1. The minimum atomic E-state index is -3.18. The lowest BCUT2D eigenvalue weighted by Gasteiger charge is -2.37.